The summed E-state index contributed by atoms with van der Waals surface area (Å²) in [6, 6.07) is 4.29. The molecule has 11 heteroatoms. The van der Waals surface area contributed by atoms with E-state index in [0.717, 1.165) is 0 Å². The zero-order valence-corrected chi connectivity index (χ0v) is 18.1. The fourth-order valence-corrected chi connectivity index (χ4v) is 4.39. The number of Topliss-reactive ketones (excluding diaryl/α,β-unsaturated/α-hetero) is 1. The third-order valence-electron chi connectivity index (χ3n) is 5.79. The number of H-pyrrole nitrogens is 1. The number of rotatable bonds is 7. The van der Waals surface area contributed by atoms with Gasteiger partial charge in [0, 0.05) is 30.7 Å². The summed E-state index contributed by atoms with van der Waals surface area (Å²) in [6.07, 6.45) is 1.51. The van der Waals surface area contributed by atoms with E-state index in [4.69, 9.17) is 9.47 Å². The molecule has 0 radical (unpaired) electrons. The predicted molar refractivity (Wildman–Crippen MR) is 114 cm³/mol. The van der Waals surface area contributed by atoms with Crippen LogP contribution in [0.5, 0.6) is 11.5 Å². The molecule has 4 rings (SSSR count). The van der Waals surface area contributed by atoms with E-state index in [2.05, 4.69) is 15.0 Å². The van der Waals surface area contributed by atoms with Gasteiger partial charge in [0.15, 0.2) is 17.3 Å². The van der Waals surface area contributed by atoms with Crippen molar-refractivity contribution in [3.63, 3.8) is 0 Å². The van der Waals surface area contributed by atoms with Gasteiger partial charge in [0.2, 0.25) is 0 Å². The number of carbonyl (C=O) groups excluding carboxylic acids is 1. The Bertz CT molecular complexity index is 1230. The molecule has 2 N–H and O–H groups in total. The largest absolute Gasteiger partial charge is 0.493 e. The van der Waals surface area contributed by atoms with E-state index < -0.39 is 23.8 Å². The number of benzene rings is 1. The number of ether oxygens (including phenoxy) is 3. The minimum absolute atomic E-state index is 0.0300. The van der Waals surface area contributed by atoms with Gasteiger partial charge < -0.3 is 19.5 Å². The average molecular weight is 463 g/mol. The number of anilines is 1. The van der Waals surface area contributed by atoms with Crippen molar-refractivity contribution < 1.29 is 27.8 Å². The van der Waals surface area contributed by atoms with Crippen LogP contribution in [0.3, 0.4) is 0 Å². The smallest absolute Gasteiger partial charge is 0.387 e. The van der Waals surface area contributed by atoms with Gasteiger partial charge in [-0.15, -0.1) is 0 Å². The number of fused-ring (bicyclic) bond motifs is 1. The highest BCUT2D eigenvalue weighted by Crippen LogP contribution is 2.45. The van der Waals surface area contributed by atoms with Gasteiger partial charge in [0.25, 0.3) is 5.56 Å². The number of ketones is 1. The fraction of sp³-hybridized carbons (Fsp3) is 0.409. The molecule has 0 fully saturated rings. The van der Waals surface area contributed by atoms with Crippen molar-refractivity contribution in [2.24, 2.45) is 0 Å². The molecule has 2 aromatic rings. The number of hydrogen-bond donors (Lipinski definition) is 2. The standard InChI is InChI=1S/C22H23F2N3O6/c1-31-9-8-27-19-18(20(29)26-22(27)30)16(17-12(25-19)4-3-5-13(17)28)11-6-7-14(33-21(23)24)15(10-11)32-2/h6-7,10,16,21,25H,3-5,8-9H2,1-2H3,(H,26,29,30). The van der Waals surface area contributed by atoms with E-state index in [1.165, 1.54) is 37.0 Å². The molecule has 1 unspecified atom stereocenters. The van der Waals surface area contributed by atoms with Crippen LogP contribution in [0, 0.1) is 0 Å². The van der Waals surface area contributed by atoms with E-state index >= 15 is 0 Å². The zero-order chi connectivity index (χ0) is 23.7. The highest BCUT2D eigenvalue weighted by atomic mass is 19.3. The molecule has 9 nitrogen and oxygen atoms in total. The molecular weight excluding hydrogens is 440 g/mol. The summed E-state index contributed by atoms with van der Waals surface area (Å²) >= 11 is 0. The molecule has 176 valence electrons. The predicted octanol–water partition coefficient (Wildman–Crippen LogP) is 2.36. The van der Waals surface area contributed by atoms with Crippen LogP contribution in [0.1, 0.15) is 36.3 Å². The van der Waals surface area contributed by atoms with E-state index in [1.807, 2.05) is 0 Å². The summed E-state index contributed by atoms with van der Waals surface area (Å²) in [6.45, 7) is -2.64. The Morgan fingerprint density at radius 1 is 1.15 bits per heavy atom. The second-order valence-electron chi connectivity index (χ2n) is 7.68. The molecular formula is C22H23F2N3O6. The van der Waals surface area contributed by atoms with Gasteiger partial charge in [-0.05, 0) is 30.5 Å². The van der Waals surface area contributed by atoms with Crippen LogP contribution in [0.4, 0.5) is 14.6 Å². The number of aromatic amines is 1. The van der Waals surface area contributed by atoms with Gasteiger partial charge in [0.05, 0.1) is 25.8 Å². The molecule has 2 heterocycles. The number of carbonyl (C=O) groups is 1. The van der Waals surface area contributed by atoms with Crippen LogP contribution in [0.25, 0.3) is 0 Å². The lowest BCUT2D eigenvalue weighted by atomic mass is 9.76. The van der Waals surface area contributed by atoms with E-state index in [-0.39, 0.29) is 41.8 Å². The Balaban J connectivity index is 1.95. The lowest BCUT2D eigenvalue weighted by Crippen LogP contribution is -2.40. The minimum atomic E-state index is -3.04. The van der Waals surface area contributed by atoms with Gasteiger partial charge in [-0.25, -0.2) is 4.79 Å². The number of aromatic nitrogens is 2. The normalized spacial score (nSPS) is 17.5. The van der Waals surface area contributed by atoms with Crippen molar-refractivity contribution in [3.8, 4) is 11.5 Å². The maximum absolute atomic E-state index is 13.0. The van der Waals surface area contributed by atoms with E-state index in [0.29, 0.717) is 36.1 Å². The summed E-state index contributed by atoms with van der Waals surface area (Å²) in [4.78, 5) is 40.9. The second kappa shape index (κ2) is 9.18. The SMILES string of the molecule is COCCn1c2c(c(=O)[nH]c1=O)C(c1ccc(OC(F)F)c(OC)c1)C1=C(CCCC1=O)N2. The quantitative estimate of drug-likeness (QED) is 0.648. The van der Waals surface area contributed by atoms with Crippen molar-refractivity contribution >= 4 is 11.6 Å². The first kappa shape index (κ1) is 22.7. The second-order valence-corrected chi connectivity index (χ2v) is 7.68. The van der Waals surface area contributed by atoms with Crippen LogP contribution in [-0.2, 0) is 16.1 Å². The fourth-order valence-electron chi connectivity index (χ4n) is 4.39. The summed E-state index contributed by atoms with van der Waals surface area (Å²) in [5.41, 5.74) is 0.461. The maximum Gasteiger partial charge on any atom is 0.387 e. The molecule has 2 aliphatic rings. The number of hydrogen-bond acceptors (Lipinski definition) is 7. The third-order valence-corrected chi connectivity index (χ3v) is 5.79. The first-order valence-electron chi connectivity index (χ1n) is 10.4. The molecule has 0 bridgehead atoms. The molecule has 1 aliphatic heterocycles. The van der Waals surface area contributed by atoms with Gasteiger partial charge in [0.1, 0.15) is 5.82 Å². The molecule has 1 atom stereocenters. The summed E-state index contributed by atoms with van der Waals surface area (Å²) in [5, 5.41) is 3.15. The topological polar surface area (TPSA) is 112 Å². The van der Waals surface area contributed by atoms with Crippen LogP contribution < -0.4 is 26.0 Å². The summed E-state index contributed by atoms with van der Waals surface area (Å²) < 4.78 is 41.7. The van der Waals surface area contributed by atoms with Crippen molar-refractivity contribution in [1.82, 2.24) is 9.55 Å². The van der Waals surface area contributed by atoms with Gasteiger partial charge in [-0.3, -0.25) is 19.1 Å². The molecule has 1 aliphatic carbocycles. The Morgan fingerprint density at radius 2 is 1.94 bits per heavy atom. The molecule has 33 heavy (non-hydrogen) atoms. The van der Waals surface area contributed by atoms with Crippen LogP contribution in [-0.4, -0.2) is 42.8 Å². The van der Waals surface area contributed by atoms with Gasteiger partial charge in [-0.2, -0.15) is 8.78 Å². The van der Waals surface area contributed by atoms with Crippen LogP contribution in [0.15, 0.2) is 39.1 Å². The number of alkyl halides is 2. The molecule has 0 saturated carbocycles. The molecule has 0 amide bonds. The molecule has 0 spiro atoms. The van der Waals surface area contributed by atoms with Gasteiger partial charge >= 0.3 is 12.3 Å². The average Bonchev–Trinajstić information content (AvgIpc) is 2.78. The van der Waals surface area contributed by atoms with Crippen molar-refractivity contribution in [3.05, 3.63) is 61.4 Å². The highest BCUT2D eigenvalue weighted by Gasteiger charge is 2.38. The van der Waals surface area contributed by atoms with Crippen LogP contribution in [0.2, 0.25) is 0 Å². The number of methoxy groups -OCH3 is 2. The first-order chi connectivity index (χ1) is 15.8. The number of nitrogens with one attached hydrogen (secondary N) is 2. The molecule has 1 aromatic heterocycles. The number of halogens is 2. The summed E-state index contributed by atoms with van der Waals surface area (Å²) in [5.74, 6) is -0.806. The van der Waals surface area contributed by atoms with Crippen molar-refractivity contribution in [2.75, 3.05) is 26.1 Å². The van der Waals surface area contributed by atoms with E-state index in [9.17, 15) is 23.2 Å². The maximum atomic E-state index is 13.0. The van der Waals surface area contributed by atoms with Gasteiger partial charge in [-0.1, -0.05) is 6.07 Å². The lowest BCUT2D eigenvalue weighted by Gasteiger charge is -2.34. The summed E-state index contributed by atoms with van der Waals surface area (Å²) in [7, 11) is 2.80. The third kappa shape index (κ3) is 4.15. The monoisotopic (exact) mass is 463 g/mol. The number of nitrogens with zero attached hydrogens (tertiary/aromatic N) is 1. The Morgan fingerprint density at radius 3 is 2.64 bits per heavy atom. The van der Waals surface area contributed by atoms with Crippen molar-refractivity contribution in [1.29, 1.82) is 0 Å². The van der Waals surface area contributed by atoms with Crippen molar-refractivity contribution in [2.45, 2.75) is 38.3 Å². The van der Waals surface area contributed by atoms with Crippen LogP contribution >= 0.6 is 0 Å². The Kier molecular flexibility index (Phi) is 6.32. The van der Waals surface area contributed by atoms with E-state index in [1.54, 1.807) is 0 Å². The minimum Gasteiger partial charge on any atom is -0.493 e. The Labute approximate surface area is 187 Å². The first-order valence-corrected chi connectivity index (χ1v) is 10.4. The number of allylic oxidation sites excluding steroid dienone is 2. The Hall–Kier alpha value is -3.47. The zero-order valence-electron chi connectivity index (χ0n) is 18.1. The molecule has 0 saturated heterocycles. The molecule has 1 aromatic carbocycles. The lowest BCUT2D eigenvalue weighted by molar-refractivity contribution is -0.116. The highest BCUT2D eigenvalue weighted by molar-refractivity contribution is 6.00.